The minimum atomic E-state index is -0.295. The molecule has 5 nitrogen and oxygen atoms in total. The summed E-state index contributed by atoms with van der Waals surface area (Å²) in [5.74, 6) is 1.77. The lowest BCUT2D eigenvalue weighted by Gasteiger charge is -2.09. The van der Waals surface area contributed by atoms with Gasteiger partial charge in [-0.05, 0) is 43.4 Å². The summed E-state index contributed by atoms with van der Waals surface area (Å²) in [5.41, 5.74) is 3.55. The second-order valence-electron chi connectivity index (χ2n) is 6.62. The Morgan fingerprint density at radius 1 is 1.20 bits per heavy atom. The van der Waals surface area contributed by atoms with Crippen LogP contribution in [0.1, 0.15) is 41.8 Å². The van der Waals surface area contributed by atoms with Crippen molar-refractivity contribution in [3.8, 4) is 0 Å². The molecule has 0 spiro atoms. The van der Waals surface area contributed by atoms with E-state index in [0.717, 1.165) is 46.0 Å². The Labute approximate surface area is 150 Å². The number of fused-ring (bicyclic) bond motifs is 2. The quantitative estimate of drug-likeness (QED) is 0.524. The Balaban J connectivity index is 1.67. The molecule has 1 aliphatic rings. The van der Waals surface area contributed by atoms with Gasteiger partial charge < -0.3 is 8.98 Å². The van der Waals surface area contributed by atoms with Crippen LogP contribution in [0.25, 0.3) is 11.0 Å². The molecular formula is C19H21N3O2S. The van der Waals surface area contributed by atoms with Crippen molar-refractivity contribution in [3.63, 3.8) is 0 Å². The van der Waals surface area contributed by atoms with Crippen molar-refractivity contribution in [2.75, 3.05) is 0 Å². The lowest BCUT2D eigenvalue weighted by atomic mass is 10.0. The highest BCUT2D eigenvalue weighted by atomic mass is 32.2. The third-order valence-corrected chi connectivity index (χ3v) is 5.97. The summed E-state index contributed by atoms with van der Waals surface area (Å²) in [6.07, 6.45) is 4.61. The van der Waals surface area contributed by atoms with Crippen LogP contribution in [0.4, 0.5) is 0 Å². The van der Waals surface area contributed by atoms with E-state index >= 15 is 0 Å². The van der Waals surface area contributed by atoms with Gasteiger partial charge in [0.2, 0.25) is 0 Å². The van der Waals surface area contributed by atoms with Crippen LogP contribution in [0.2, 0.25) is 0 Å². The first-order valence-corrected chi connectivity index (χ1v) is 9.70. The molecule has 25 heavy (non-hydrogen) atoms. The molecule has 0 aliphatic carbocycles. The van der Waals surface area contributed by atoms with Crippen LogP contribution in [-0.4, -0.2) is 14.8 Å². The predicted molar refractivity (Wildman–Crippen MR) is 99.1 cm³/mol. The summed E-state index contributed by atoms with van der Waals surface area (Å²) >= 11 is 1.65. The second-order valence-corrected chi connectivity index (χ2v) is 7.57. The highest BCUT2D eigenvalue weighted by Crippen LogP contribution is 2.29. The lowest BCUT2D eigenvalue weighted by Crippen LogP contribution is -2.04. The smallest absolute Gasteiger partial charge is 0.336 e. The van der Waals surface area contributed by atoms with Crippen LogP contribution in [0, 0.1) is 13.8 Å². The third kappa shape index (κ3) is 3.11. The van der Waals surface area contributed by atoms with Gasteiger partial charge in [0, 0.05) is 30.2 Å². The Kier molecular flexibility index (Phi) is 4.37. The number of rotatable bonds is 3. The Morgan fingerprint density at radius 3 is 2.96 bits per heavy atom. The first-order chi connectivity index (χ1) is 12.1. The molecule has 0 N–H and O–H groups in total. The van der Waals surface area contributed by atoms with E-state index < -0.39 is 0 Å². The van der Waals surface area contributed by atoms with E-state index in [-0.39, 0.29) is 5.63 Å². The Hall–Kier alpha value is -2.08. The summed E-state index contributed by atoms with van der Waals surface area (Å²) in [6, 6.07) is 5.72. The van der Waals surface area contributed by atoms with Crippen LogP contribution >= 0.6 is 11.8 Å². The van der Waals surface area contributed by atoms with Gasteiger partial charge in [-0.25, -0.2) is 4.79 Å². The van der Waals surface area contributed by atoms with E-state index in [0.29, 0.717) is 11.3 Å². The van der Waals surface area contributed by atoms with Crippen LogP contribution in [0.3, 0.4) is 0 Å². The predicted octanol–water partition coefficient (Wildman–Crippen LogP) is 4.02. The SMILES string of the molecule is Cc1ccc2c(CSc3nnc4n3CCCCC4)cc(=O)oc2c1C. The van der Waals surface area contributed by atoms with E-state index in [9.17, 15) is 4.79 Å². The maximum atomic E-state index is 12.0. The van der Waals surface area contributed by atoms with Crippen LogP contribution < -0.4 is 5.63 Å². The number of thioether (sulfide) groups is 1. The van der Waals surface area contributed by atoms with Crippen molar-refractivity contribution >= 4 is 22.7 Å². The number of hydrogen-bond donors (Lipinski definition) is 0. The standard InChI is InChI=1S/C19H21N3O2S/c1-12-7-8-15-14(10-17(23)24-18(15)13(12)2)11-25-19-21-20-16-6-4-3-5-9-22(16)19/h7-8,10H,3-6,9,11H2,1-2H3. The molecule has 0 amide bonds. The highest BCUT2D eigenvalue weighted by Gasteiger charge is 2.16. The Morgan fingerprint density at radius 2 is 2.08 bits per heavy atom. The molecule has 3 heterocycles. The van der Waals surface area contributed by atoms with E-state index in [4.69, 9.17) is 4.42 Å². The summed E-state index contributed by atoms with van der Waals surface area (Å²) in [6.45, 7) is 5.01. The number of nitrogens with zero attached hydrogens (tertiary/aromatic N) is 3. The van der Waals surface area contributed by atoms with Crippen LogP contribution in [0.5, 0.6) is 0 Å². The molecule has 0 unspecified atom stereocenters. The molecule has 0 fully saturated rings. The van der Waals surface area contributed by atoms with E-state index in [1.165, 1.54) is 19.3 Å². The second kappa shape index (κ2) is 6.67. The normalized spacial score (nSPS) is 14.5. The fraction of sp³-hybridized carbons (Fsp3) is 0.421. The monoisotopic (exact) mass is 355 g/mol. The average molecular weight is 355 g/mol. The van der Waals surface area contributed by atoms with Crippen molar-refractivity contribution in [1.29, 1.82) is 0 Å². The minimum absolute atomic E-state index is 0.295. The highest BCUT2D eigenvalue weighted by molar-refractivity contribution is 7.98. The van der Waals surface area contributed by atoms with Gasteiger partial charge in [0.25, 0.3) is 0 Å². The fourth-order valence-electron chi connectivity index (χ4n) is 3.35. The molecule has 130 valence electrons. The summed E-state index contributed by atoms with van der Waals surface area (Å²) in [7, 11) is 0. The first-order valence-electron chi connectivity index (χ1n) is 8.71. The van der Waals surface area contributed by atoms with Gasteiger partial charge in [0.15, 0.2) is 5.16 Å². The maximum absolute atomic E-state index is 12.0. The zero-order valence-corrected chi connectivity index (χ0v) is 15.4. The molecule has 1 aromatic carbocycles. The van der Waals surface area contributed by atoms with E-state index in [1.54, 1.807) is 17.8 Å². The largest absolute Gasteiger partial charge is 0.422 e. The zero-order valence-electron chi connectivity index (χ0n) is 14.5. The topological polar surface area (TPSA) is 60.9 Å². The molecule has 1 aliphatic heterocycles. The molecule has 0 bridgehead atoms. The molecule has 3 aromatic rings. The summed E-state index contributed by atoms with van der Waals surface area (Å²) in [5, 5.41) is 10.7. The van der Waals surface area contributed by atoms with E-state index in [1.807, 2.05) is 19.9 Å². The van der Waals surface area contributed by atoms with Gasteiger partial charge in [-0.2, -0.15) is 0 Å². The lowest BCUT2D eigenvalue weighted by molar-refractivity contribution is 0.557. The molecule has 4 rings (SSSR count). The Bertz CT molecular complexity index is 990. The maximum Gasteiger partial charge on any atom is 0.336 e. The molecule has 0 saturated carbocycles. The van der Waals surface area contributed by atoms with Gasteiger partial charge in [-0.15, -0.1) is 10.2 Å². The molecule has 6 heteroatoms. The van der Waals surface area contributed by atoms with Gasteiger partial charge in [-0.3, -0.25) is 0 Å². The summed E-state index contributed by atoms with van der Waals surface area (Å²) in [4.78, 5) is 12.0. The third-order valence-electron chi connectivity index (χ3n) is 4.95. The minimum Gasteiger partial charge on any atom is -0.422 e. The van der Waals surface area contributed by atoms with Crippen LogP contribution in [-0.2, 0) is 18.7 Å². The van der Waals surface area contributed by atoms with E-state index in [2.05, 4.69) is 20.8 Å². The number of aromatic nitrogens is 3. The first kappa shape index (κ1) is 16.4. The summed E-state index contributed by atoms with van der Waals surface area (Å²) < 4.78 is 7.70. The number of benzene rings is 1. The molecule has 0 saturated heterocycles. The van der Waals surface area contributed by atoms with Crippen LogP contribution in [0.15, 0.2) is 32.6 Å². The molecule has 0 radical (unpaired) electrons. The zero-order chi connectivity index (χ0) is 17.4. The van der Waals surface area contributed by atoms with Crippen molar-refractivity contribution in [1.82, 2.24) is 14.8 Å². The molecule has 0 atom stereocenters. The van der Waals surface area contributed by atoms with Gasteiger partial charge >= 0.3 is 5.63 Å². The molecule has 2 aromatic heterocycles. The van der Waals surface area contributed by atoms with Crippen molar-refractivity contribution in [2.45, 2.75) is 57.0 Å². The molecular weight excluding hydrogens is 334 g/mol. The number of aryl methyl sites for hydroxylation is 3. The van der Waals surface area contributed by atoms with Crippen molar-refractivity contribution in [3.05, 3.63) is 51.1 Å². The van der Waals surface area contributed by atoms with Crippen molar-refractivity contribution < 1.29 is 4.42 Å². The average Bonchev–Trinajstić information content (AvgIpc) is 2.83. The number of hydrogen-bond acceptors (Lipinski definition) is 5. The van der Waals surface area contributed by atoms with Gasteiger partial charge in [-0.1, -0.05) is 30.3 Å². The van der Waals surface area contributed by atoms with Gasteiger partial charge in [0.05, 0.1) is 0 Å². The fourth-order valence-corrected chi connectivity index (χ4v) is 4.33. The van der Waals surface area contributed by atoms with Crippen molar-refractivity contribution in [2.24, 2.45) is 0 Å². The van der Waals surface area contributed by atoms with Gasteiger partial charge in [0.1, 0.15) is 11.4 Å².